The molecule has 156 valence electrons. The Labute approximate surface area is 170 Å². The highest BCUT2D eigenvalue weighted by Gasteiger charge is 2.19. The van der Waals surface area contributed by atoms with Gasteiger partial charge < -0.3 is 15.4 Å². The smallest absolute Gasteiger partial charge is 0.265 e. The number of anilines is 3. The Hall–Kier alpha value is -3.07. The van der Waals surface area contributed by atoms with E-state index in [-0.39, 0.29) is 11.8 Å². The van der Waals surface area contributed by atoms with E-state index in [1.807, 2.05) is 6.92 Å². The SMILES string of the molecule is CCC(Oc1ccc(N(C)S(C)(=O)=O)cc1)C(=O)Nc1cccc(NC(C)=O)c1. The maximum absolute atomic E-state index is 12.6. The molecule has 2 rings (SSSR count). The van der Waals surface area contributed by atoms with Crippen molar-refractivity contribution in [3.8, 4) is 5.75 Å². The molecule has 1 unspecified atom stereocenters. The molecule has 1 atom stereocenters. The third-order valence-electron chi connectivity index (χ3n) is 4.09. The van der Waals surface area contributed by atoms with E-state index in [1.54, 1.807) is 48.5 Å². The second-order valence-corrected chi connectivity index (χ2v) is 8.50. The van der Waals surface area contributed by atoms with Crippen LogP contribution in [0.5, 0.6) is 5.75 Å². The number of sulfonamides is 1. The molecule has 0 spiro atoms. The summed E-state index contributed by atoms with van der Waals surface area (Å²) in [7, 11) is -1.89. The molecule has 0 radical (unpaired) electrons. The molecule has 0 saturated heterocycles. The standard InChI is InChI=1S/C20H25N3O5S/c1-5-19(20(25)22-16-8-6-7-15(13-16)21-14(2)24)28-18-11-9-17(10-12-18)23(3)29(4,26)27/h6-13,19H,5H2,1-4H3,(H,21,24)(H,22,25). The number of carbonyl (C=O) groups is 2. The predicted molar refractivity (Wildman–Crippen MR) is 114 cm³/mol. The van der Waals surface area contributed by atoms with Gasteiger partial charge in [0.2, 0.25) is 15.9 Å². The molecule has 0 saturated carbocycles. The first-order valence-corrected chi connectivity index (χ1v) is 10.8. The van der Waals surface area contributed by atoms with Crippen molar-refractivity contribution in [3.05, 3.63) is 48.5 Å². The summed E-state index contributed by atoms with van der Waals surface area (Å²) >= 11 is 0. The Balaban J connectivity index is 2.06. The van der Waals surface area contributed by atoms with Gasteiger partial charge in [0.15, 0.2) is 6.10 Å². The van der Waals surface area contributed by atoms with E-state index in [9.17, 15) is 18.0 Å². The van der Waals surface area contributed by atoms with Crippen LogP contribution in [0.15, 0.2) is 48.5 Å². The number of hydrogen-bond donors (Lipinski definition) is 2. The van der Waals surface area contributed by atoms with Gasteiger partial charge in [0.1, 0.15) is 5.75 Å². The van der Waals surface area contributed by atoms with Crippen molar-refractivity contribution < 1.29 is 22.7 Å². The van der Waals surface area contributed by atoms with Gasteiger partial charge in [-0.2, -0.15) is 0 Å². The first kappa shape index (κ1) is 22.2. The fraction of sp³-hybridized carbons (Fsp3) is 0.300. The molecule has 0 fully saturated rings. The van der Waals surface area contributed by atoms with E-state index in [2.05, 4.69) is 10.6 Å². The van der Waals surface area contributed by atoms with Crippen LogP contribution in [0, 0.1) is 0 Å². The Bertz CT molecular complexity index is 974. The fourth-order valence-corrected chi connectivity index (χ4v) is 3.02. The second-order valence-electron chi connectivity index (χ2n) is 6.49. The van der Waals surface area contributed by atoms with Gasteiger partial charge in [-0.05, 0) is 48.9 Å². The molecule has 9 heteroatoms. The number of benzene rings is 2. The molecular formula is C20H25N3O5S. The van der Waals surface area contributed by atoms with Crippen LogP contribution in [0.3, 0.4) is 0 Å². The van der Waals surface area contributed by atoms with Crippen LogP contribution < -0.4 is 19.7 Å². The molecule has 8 nitrogen and oxygen atoms in total. The Morgan fingerprint density at radius 1 is 1.07 bits per heavy atom. The van der Waals surface area contributed by atoms with Gasteiger partial charge in [-0.1, -0.05) is 13.0 Å². The van der Waals surface area contributed by atoms with Crippen molar-refractivity contribution in [2.24, 2.45) is 0 Å². The number of carbonyl (C=O) groups excluding carboxylic acids is 2. The second kappa shape index (κ2) is 9.42. The molecule has 29 heavy (non-hydrogen) atoms. The van der Waals surface area contributed by atoms with Crippen molar-refractivity contribution in [2.45, 2.75) is 26.4 Å². The van der Waals surface area contributed by atoms with E-state index in [0.29, 0.717) is 29.2 Å². The zero-order valence-electron chi connectivity index (χ0n) is 16.8. The number of ether oxygens (including phenoxy) is 1. The van der Waals surface area contributed by atoms with Gasteiger partial charge >= 0.3 is 0 Å². The topological polar surface area (TPSA) is 105 Å². The van der Waals surface area contributed by atoms with Crippen LogP contribution in [0.2, 0.25) is 0 Å². The zero-order chi connectivity index (χ0) is 21.6. The maximum atomic E-state index is 12.6. The van der Waals surface area contributed by atoms with Gasteiger partial charge in [0.05, 0.1) is 11.9 Å². The Morgan fingerprint density at radius 3 is 2.17 bits per heavy atom. The van der Waals surface area contributed by atoms with Crippen LogP contribution in [0.4, 0.5) is 17.1 Å². The summed E-state index contributed by atoms with van der Waals surface area (Å²) in [5.41, 5.74) is 1.61. The Morgan fingerprint density at radius 2 is 1.66 bits per heavy atom. The average molecular weight is 420 g/mol. The monoisotopic (exact) mass is 419 g/mol. The normalized spacial score (nSPS) is 12.0. The maximum Gasteiger partial charge on any atom is 0.265 e. The summed E-state index contributed by atoms with van der Waals surface area (Å²) in [4.78, 5) is 23.7. The third kappa shape index (κ3) is 6.49. The lowest BCUT2D eigenvalue weighted by Crippen LogP contribution is -2.32. The van der Waals surface area contributed by atoms with Crippen LogP contribution in [-0.4, -0.2) is 39.6 Å². The minimum Gasteiger partial charge on any atom is -0.481 e. The fourth-order valence-electron chi connectivity index (χ4n) is 2.51. The average Bonchev–Trinajstić information content (AvgIpc) is 2.65. The first-order valence-electron chi connectivity index (χ1n) is 8.99. The number of rotatable bonds is 8. The van der Waals surface area contributed by atoms with E-state index in [1.165, 1.54) is 14.0 Å². The minimum atomic E-state index is -3.35. The highest BCUT2D eigenvalue weighted by Crippen LogP contribution is 2.22. The lowest BCUT2D eigenvalue weighted by atomic mass is 10.2. The van der Waals surface area contributed by atoms with E-state index in [0.717, 1.165) is 10.6 Å². The van der Waals surface area contributed by atoms with Crippen LogP contribution in [0.25, 0.3) is 0 Å². The van der Waals surface area contributed by atoms with Crippen molar-refractivity contribution in [3.63, 3.8) is 0 Å². The molecule has 0 aromatic heterocycles. The van der Waals surface area contributed by atoms with Crippen molar-refractivity contribution in [1.82, 2.24) is 0 Å². The third-order valence-corrected chi connectivity index (χ3v) is 5.30. The lowest BCUT2D eigenvalue weighted by Gasteiger charge is -2.19. The predicted octanol–water partition coefficient (Wildman–Crippen LogP) is 2.84. The lowest BCUT2D eigenvalue weighted by molar-refractivity contribution is -0.122. The number of nitrogens with zero attached hydrogens (tertiary/aromatic N) is 1. The number of hydrogen-bond acceptors (Lipinski definition) is 5. The molecule has 0 aliphatic carbocycles. The zero-order valence-corrected chi connectivity index (χ0v) is 17.6. The van der Waals surface area contributed by atoms with Gasteiger partial charge in [-0.25, -0.2) is 8.42 Å². The quantitative estimate of drug-likeness (QED) is 0.685. The van der Waals surface area contributed by atoms with Crippen LogP contribution in [0.1, 0.15) is 20.3 Å². The number of nitrogens with one attached hydrogen (secondary N) is 2. The van der Waals surface area contributed by atoms with E-state index >= 15 is 0 Å². The van der Waals surface area contributed by atoms with Crippen molar-refractivity contribution in [1.29, 1.82) is 0 Å². The highest BCUT2D eigenvalue weighted by atomic mass is 32.2. The molecule has 2 aromatic rings. The number of amides is 2. The van der Waals surface area contributed by atoms with E-state index < -0.39 is 16.1 Å². The summed E-state index contributed by atoms with van der Waals surface area (Å²) < 4.78 is 30.1. The molecule has 0 heterocycles. The minimum absolute atomic E-state index is 0.201. The molecular weight excluding hydrogens is 394 g/mol. The largest absolute Gasteiger partial charge is 0.481 e. The summed E-state index contributed by atoms with van der Waals surface area (Å²) in [6.07, 6.45) is 0.816. The van der Waals surface area contributed by atoms with Gasteiger partial charge in [-0.3, -0.25) is 13.9 Å². The highest BCUT2D eigenvalue weighted by molar-refractivity contribution is 7.92. The summed E-state index contributed by atoms with van der Waals surface area (Å²) in [6, 6.07) is 13.3. The van der Waals surface area contributed by atoms with Gasteiger partial charge in [0, 0.05) is 25.3 Å². The first-order chi connectivity index (χ1) is 13.6. The van der Waals surface area contributed by atoms with Gasteiger partial charge in [0.25, 0.3) is 5.91 Å². The molecule has 0 aliphatic heterocycles. The van der Waals surface area contributed by atoms with Crippen molar-refractivity contribution >= 4 is 38.9 Å². The van der Waals surface area contributed by atoms with Crippen LogP contribution >= 0.6 is 0 Å². The summed E-state index contributed by atoms with van der Waals surface area (Å²) in [5, 5.41) is 5.43. The van der Waals surface area contributed by atoms with Crippen molar-refractivity contribution in [2.75, 3.05) is 28.2 Å². The molecule has 0 bridgehead atoms. The van der Waals surface area contributed by atoms with Crippen LogP contribution in [-0.2, 0) is 19.6 Å². The summed E-state index contributed by atoms with van der Waals surface area (Å²) in [5.74, 6) is -0.0809. The molecule has 2 aromatic carbocycles. The molecule has 2 N–H and O–H groups in total. The molecule has 0 aliphatic rings. The van der Waals surface area contributed by atoms with Gasteiger partial charge in [-0.15, -0.1) is 0 Å². The molecule has 2 amide bonds. The van der Waals surface area contributed by atoms with E-state index in [4.69, 9.17) is 4.74 Å². The Kier molecular flexibility index (Phi) is 7.22. The summed E-state index contributed by atoms with van der Waals surface area (Å²) in [6.45, 7) is 3.23.